The van der Waals surface area contributed by atoms with Crippen molar-refractivity contribution in [3.8, 4) is 5.75 Å². The van der Waals surface area contributed by atoms with Gasteiger partial charge in [0.05, 0.1) is 6.61 Å². The van der Waals surface area contributed by atoms with Crippen molar-refractivity contribution in [1.82, 2.24) is 4.90 Å². The first-order valence-electron chi connectivity index (χ1n) is 9.18. The number of hydrogen-bond donors (Lipinski definition) is 2. The molecular formula is C20H31NO5. The molecule has 0 amide bonds. The van der Waals surface area contributed by atoms with Gasteiger partial charge in [-0.3, -0.25) is 0 Å². The highest BCUT2D eigenvalue weighted by atomic mass is 16.5. The summed E-state index contributed by atoms with van der Waals surface area (Å²) in [6.45, 7) is 11.3. The quantitative estimate of drug-likeness (QED) is 0.594. The second-order valence-corrected chi connectivity index (χ2v) is 6.91. The molecule has 2 N–H and O–H groups in total. The van der Waals surface area contributed by atoms with Crippen molar-refractivity contribution < 1.29 is 24.5 Å². The Kier molecular flexibility index (Phi) is 9.73. The van der Waals surface area contributed by atoms with E-state index < -0.39 is 11.9 Å². The molecule has 0 radical (unpaired) electrons. The second kappa shape index (κ2) is 11.5. The average molecular weight is 365 g/mol. The number of para-hydroxylation sites is 1. The number of carboxylic acid groups (broad SMARTS) is 2. The summed E-state index contributed by atoms with van der Waals surface area (Å²) in [6.07, 6.45) is 5.15. The highest BCUT2D eigenvalue weighted by Crippen LogP contribution is 2.22. The smallest absolute Gasteiger partial charge is 0.414 e. The Labute approximate surface area is 155 Å². The number of aryl methyl sites for hydroxylation is 2. The number of nitrogens with zero attached hydrogens (tertiary/aromatic N) is 1. The molecule has 6 heteroatoms. The molecule has 146 valence electrons. The van der Waals surface area contributed by atoms with Gasteiger partial charge in [-0.1, -0.05) is 25.1 Å². The summed E-state index contributed by atoms with van der Waals surface area (Å²) in [6, 6.07) is 6.34. The zero-order chi connectivity index (χ0) is 19.5. The van der Waals surface area contributed by atoms with Gasteiger partial charge in [0.1, 0.15) is 5.75 Å². The Morgan fingerprint density at radius 1 is 1.08 bits per heavy atom. The summed E-state index contributed by atoms with van der Waals surface area (Å²) in [7, 11) is 0. The third-order valence-electron chi connectivity index (χ3n) is 4.58. The zero-order valence-electron chi connectivity index (χ0n) is 16.0. The van der Waals surface area contributed by atoms with Crippen LogP contribution in [-0.2, 0) is 9.59 Å². The summed E-state index contributed by atoms with van der Waals surface area (Å²) in [5.41, 5.74) is 2.49. The molecule has 0 atom stereocenters. The van der Waals surface area contributed by atoms with Crippen LogP contribution in [-0.4, -0.2) is 53.3 Å². The summed E-state index contributed by atoms with van der Waals surface area (Å²) in [5.74, 6) is -1.64. The van der Waals surface area contributed by atoms with E-state index in [0.717, 1.165) is 24.7 Å². The minimum Gasteiger partial charge on any atom is -0.493 e. The van der Waals surface area contributed by atoms with Crippen molar-refractivity contribution in [3.63, 3.8) is 0 Å². The van der Waals surface area contributed by atoms with Gasteiger partial charge in [-0.25, -0.2) is 9.59 Å². The molecule has 6 nitrogen and oxygen atoms in total. The topological polar surface area (TPSA) is 87.1 Å². The Balaban J connectivity index is 0.000000487. The van der Waals surface area contributed by atoms with Gasteiger partial charge >= 0.3 is 11.9 Å². The van der Waals surface area contributed by atoms with Crippen LogP contribution in [0.3, 0.4) is 0 Å². The van der Waals surface area contributed by atoms with E-state index in [1.54, 1.807) is 0 Å². The van der Waals surface area contributed by atoms with Crippen LogP contribution in [0.5, 0.6) is 5.75 Å². The highest BCUT2D eigenvalue weighted by Gasteiger charge is 2.14. The molecular weight excluding hydrogens is 334 g/mol. The van der Waals surface area contributed by atoms with Gasteiger partial charge in [-0.15, -0.1) is 0 Å². The first kappa shape index (κ1) is 22.0. The Hall–Kier alpha value is -2.08. The van der Waals surface area contributed by atoms with Crippen LogP contribution in [0.15, 0.2) is 18.2 Å². The van der Waals surface area contributed by atoms with Crippen molar-refractivity contribution in [2.24, 2.45) is 5.92 Å². The molecule has 1 heterocycles. The number of aliphatic carboxylic acids is 2. The number of unbranched alkanes of at least 4 members (excludes halogenated alkanes) is 1. The molecule has 0 saturated carbocycles. The van der Waals surface area contributed by atoms with Crippen molar-refractivity contribution in [2.45, 2.75) is 46.5 Å². The molecule has 1 aromatic rings. The van der Waals surface area contributed by atoms with Crippen LogP contribution in [0.1, 0.15) is 43.7 Å². The van der Waals surface area contributed by atoms with Crippen molar-refractivity contribution in [1.29, 1.82) is 0 Å². The number of likely N-dealkylation sites (tertiary alicyclic amines) is 1. The van der Waals surface area contributed by atoms with Gasteiger partial charge in [0.15, 0.2) is 0 Å². The molecule has 0 aliphatic carbocycles. The molecule has 0 bridgehead atoms. The number of benzene rings is 1. The lowest BCUT2D eigenvalue weighted by Gasteiger charge is -2.30. The number of hydrogen-bond acceptors (Lipinski definition) is 4. The second-order valence-electron chi connectivity index (χ2n) is 6.91. The molecule has 2 rings (SSSR count). The van der Waals surface area contributed by atoms with Crippen molar-refractivity contribution >= 4 is 11.9 Å². The number of piperidine rings is 1. The zero-order valence-corrected chi connectivity index (χ0v) is 16.0. The third-order valence-corrected chi connectivity index (χ3v) is 4.58. The fraction of sp³-hybridized carbons (Fsp3) is 0.600. The number of carboxylic acids is 2. The lowest BCUT2D eigenvalue weighted by molar-refractivity contribution is -0.159. The molecule has 1 saturated heterocycles. The maximum Gasteiger partial charge on any atom is 0.414 e. The highest BCUT2D eigenvalue weighted by molar-refractivity contribution is 6.27. The Morgan fingerprint density at radius 2 is 1.62 bits per heavy atom. The van der Waals surface area contributed by atoms with Crippen LogP contribution >= 0.6 is 0 Å². The lowest BCUT2D eigenvalue weighted by Crippen LogP contribution is -2.33. The monoisotopic (exact) mass is 365 g/mol. The van der Waals surface area contributed by atoms with Crippen LogP contribution in [0.25, 0.3) is 0 Å². The summed E-state index contributed by atoms with van der Waals surface area (Å²) in [4.78, 5) is 20.8. The van der Waals surface area contributed by atoms with Gasteiger partial charge in [0, 0.05) is 0 Å². The van der Waals surface area contributed by atoms with Gasteiger partial charge < -0.3 is 19.8 Å². The van der Waals surface area contributed by atoms with E-state index >= 15 is 0 Å². The van der Waals surface area contributed by atoms with E-state index in [0.29, 0.717) is 0 Å². The molecule has 1 aliphatic heterocycles. The molecule has 0 spiro atoms. The van der Waals surface area contributed by atoms with E-state index in [2.05, 4.69) is 43.9 Å². The number of rotatable bonds is 6. The van der Waals surface area contributed by atoms with E-state index in [1.807, 2.05) is 0 Å². The Morgan fingerprint density at radius 3 is 2.12 bits per heavy atom. The van der Waals surface area contributed by atoms with E-state index in [1.165, 1.54) is 50.0 Å². The molecule has 1 fully saturated rings. The largest absolute Gasteiger partial charge is 0.493 e. The number of ether oxygens (including phenoxy) is 1. The van der Waals surface area contributed by atoms with E-state index in [9.17, 15) is 0 Å². The standard InChI is InChI=1S/C18H29NO.C2H2O4/c1-15-9-12-19(13-10-15)11-4-5-14-20-18-16(2)7-6-8-17(18)3;3-1(4)2(5)6/h6-8,15H,4-5,9-14H2,1-3H3;(H,3,4)(H,5,6). The molecule has 26 heavy (non-hydrogen) atoms. The molecule has 0 unspecified atom stereocenters. The van der Waals surface area contributed by atoms with Crippen LogP contribution in [0.4, 0.5) is 0 Å². The van der Waals surface area contributed by atoms with Crippen molar-refractivity contribution in [2.75, 3.05) is 26.2 Å². The summed E-state index contributed by atoms with van der Waals surface area (Å²) < 4.78 is 5.96. The predicted molar refractivity (Wildman–Crippen MR) is 101 cm³/mol. The van der Waals surface area contributed by atoms with E-state index in [-0.39, 0.29) is 0 Å². The fourth-order valence-corrected chi connectivity index (χ4v) is 2.92. The number of carbonyl (C=O) groups is 2. The van der Waals surface area contributed by atoms with Gasteiger partial charge in [0.25, 0.3) is 0 Å². The van der Waals surface area contributed by atoms with Crippen LogP contribution in [0, 0.1) is 19.8 Å². The minimum atomic E-state index is -1.82. The van der Waals surface area contributed by atoms with Crippen molar-refractivity contribution in [3.05, 3.63) is 29.3 Å². The SMILES string of the molecule is Cc1cccc(C)c1OCCCCN1CCC(C)CC1.O=C(O)C(=O)O. The van der Waals surface area contributed by atoms with Gasteiger partial charge in [-0.05, 0) is 76.2 Å². The first-order chi connectivity index (χ1) is 12.3. The lowest BCUT2D eigenvalue weighted by atomic mass is 9.99. The molecule has 1 aromatic carbocycles. The van der Waals surface area contributed by atoms with Crippen LogP contribution in [0.2, 0.25) is 0 Å². The predicted octanol–water partition coefficient (Wildman–Crippen LogP) is 3.35. The average Bonchev–Trinajstić information content (AvgIpc) is 2.59. The minimum absolute atomic E-state index is 0.843. The summed E-state index contributed by atoms with van der Waals surface area (Å²) in [5, 5.41) is 14.8. The van der Waals surface area contributed by atoms with Crippen LogP contribution < -0.4 is 4.74 Å². The van der Waals surface area contributed by atoms with Gasteiger partial charge in [-0.2, -0.15) is 0 Å². The third kappa shape index (κ3) is 8.34. The molecule has 1 aliphatic rings. The maximum atomic E-state index is 9.10. The first-order valence-corrected chi connectivity index (χ1v) is 9.18. The summed E-state index contributed by atoms with van der Waals surface area (Å²) >= 11 is 0. The van der Waals surface area contributed by atoms with Gasteiger partial charge in [0.2, 0.25) is 0 Å². The maximum absolute atomic E-state index is 9.10. The molecule has 0 aromatic heterocycles. The fourth-order valence-electron chi connectivity index (χ4n) is 2.92. The Bertz CT molecular complexity index is 547. The van der Waals surface area contributed by atoms with E-state index in [4.69, 9.17) is 24.5 Å². The normalized spacial score (nSPS) is 15.0.